The molecule has 0 unspecified atom stereocenters. The van der Waals surface area contributed by atoms with Crippen molar-refractivity contribution in [1.29, 1.82) is 0 Å². The van der Waals surface area contributed by atoms with Crippen LogP contribution in [0.25, 0.3) is 0 Å². The molecule has 2 rings (SSSR count). The molecule has 1 aromatic carbocycles. The van der Waals surface area contributed by atoms with E-state index in [1.807, 2.05) is 18.2 Å². The van der Waals surface area contributed by atoms with E-state index in [0.717, 1.165) is 30.0 Å². The first-order valence-electron chi connectivity index (χ1n) is 5.41. The molecule has 3 nitrogen and oxygen atoms in total. The van der Waals surface area contributed by atoms with Crippen molar-refractivity contribution >= 4 is 23.2 Å². The summed E-state index contributed by atoms with van der Waals surface area (Å²) in [7, 11) is 0. The largest absolute Gasteiger partial charge is 0.493 e. The number of nitrogens with one attached hydrogen (secondary N) is 1. The number of benzene rings is 1. The van der Waals surface area contributed by atoms with Crippen molar-refractivity contribution in [2.45, 2.75) is 19.3 Å². The maximum Gasteiger partial charge on any atom is 0.224 e. The highest BCUT2D eigenvalue weighted by molar-refractivity contribution is 6.18. The molecule has 0 fully saturated rings. The zero-order valence-corrected chi connectivity index (χ0v) is 9.72. The maximum atomic E-state index is 11.5. The fourth-order valence-corrected chi connectivity index (χ4v) is 1.85. The summed E-state index contributed by atoms with van der Waals surface area (Å²) in [5.41, 5.74) is 2.00. The van der Waals surface area contributed by atoms with Crippen LogP contribution < -0.4 is 10.1 Å². The van der Waals surface area contributed by atoms with E-state index in [1.54, 1.807) is 0 Å². The molecule has 0 atom stereocenters. The molecule has 1 N–H and O–H groups in total. The van der Waals surface area contributed by atoms with E-state index in [1.165, 1.54) is 0 Å². The van der Waals surface area contributed by atoms with Crippen LogP contribution in [0.4, 0.5) is 5.69 Å². The van der Waals surface area contributed by atoms with Gasteiger partial charge in [-0.1, -0.05) is 0 Å². The molecule has 1 amide bonds. The van der Waals surface area contributed by atoms with Crippen LogP contribution in [0.1, 0.15) is 18.4 Å². The summed E-state index contributed by atoms with van der Waals surface area (Å²) in [5, 5.41) is 2.85. The van der Waals surface area contributed by atoms with Gasteiger partial charge < -0.3 is 10.1 Å². The third-order valence-corrected chi connectivity index (χ3v) is 2.78. The summed E-state index contributed by atoms with van der Waals surface area (Å²) in [4.78, 5) is 11.5. The Morgan fingerprint density at radius 1 is 1.50 bits per heavy atom. The van der Waals surface area contributed by atoms with Crippen molar-refractivity contribution < 1.29 is 9.53 Å². The lowest BCUT2D eigenvalue weighted by molar-refractivity contribution is -0.116. The number of ether oxygens (including phenoxy) is 1. The minimum absolute atomic E-state index is 0.0134. The number of halogens is 1. The zero-order valence-electron chi connectivity index (χ0n) is 8.96. The number of alkyl halides is 1. The third-order valence-electron chi connectivity index (χ3n) is 2.51. The molecule has 1 aliphatic heterocycles. The van der Waals surface area contributed by atoms with Crippen LogP contribution in [0.15, 0.2) is 18.2 Å². The first-order valence-corrected chi connectivity index (χ1v) is 5.94. The molecule has 16 heavy (non-hydrogen) atoms. The van der Waals surface area contributed by atoms with Gasteiger partial charge in [0.25, 0.3) is 0 Å². The maximum absolute atomic E-state index is 11.5. The molecule has 4 heteroatoms. The Bertz CT molecular complexity index is 393. The van der Waals surface area contributed by atoms with Gasteiger partial charge in [-0.3, -0.25) is 4.79 Å². The number of rotatable bonds is 4. The van der Waals surface area contributed by atoms with Gasteiger partial charge in [-0.15, -0.1) is 11.6 Å². The lowest BCUT2D eigenvalue weighted by Crippen LogP contribution is -2.11. The second-order valence-electron chi connectivity index (χ2n) is 3.76. The fraction of sp³-hybridized carbons (Fsp3) is 0.417. The van der Waals surface area contributed by atoms with Gasteiger partial charge in [0.2, 0.25) is 5.91 Å². The molecule has 0 aliphatic carbocycles. The SMILES string of the molecule is O=C(CCCCl)Nc1ccc2c(c1)CCO2. The van der Waals surface area contributed by atoms with Gasteiger partial charge in [0.15, 0.2) is 0 Å². The van der Waals surface area contributed by atoms with E-state index < -0.39 is 0 Å². The summed E-state index contributed by atoms with van der Waals surface area (Å²) in [6.07, 6.45) is 2.10. The first-order chi connectivity index (χ1) is 7.79. The summed E-state index contributed by atoms with van der Waals surface area (Å²) in [5.74, 6) is 1.46. The van der Waals surface area contributed by atoms with Gasteiger partial charge in [-0.2, -0.15) is 0 Å². The summed E-state index contributed by atoms with van der Waals surface area (Å²) >= 11 is 5.53. The van der Waals surface area contributed by atoms with E-state index in [9.17, 15) is 4.79 Å². The zero-order chi connectivity index (χ0) is 11.4. The second kappa shape index (κ2) is 5.21. The van der Waals surface area contributed by atoms with Gasteiger partial charge in [-0.05, 0) is 30.2 Å². The molecular formula is C12H14ClNO2. The molecule has 0 saturated carbocycles. The predicted octanol–water partition coefficient (Wildman–Crippen LogP) is 2.58. The summed E-state index contributed by atoms with van der Waals surface area (Å²) in [6, 6.07) is 5.74. The Hall–Kier alpha value is -1.22. The molecular weight excluding hydrogens is 226 g/mol. The predicted molar refractivity (Wildman–Crippen MR) is 64.2 cm³/mol. The van der Waals surface area contributed by atoms with Crippen molar-refractivity contribution in [2.24, 2.45) is 0 Å². The Labute approximate surface area is 99.7 Å². The van der Waals surface area contributed by atoms with E-state index >= 15 is 0 Å². The van der Waals surface area contributed by atoms with Crippen molar-refractivity contribution in [3.05, 3.63) is 23.8 Å². The van der Waals surface area contributed by atoms with Crippen LogP contribution in [-0.4, -0.2) is 18.4 Å². The molecule has 86 valence electrons. The highest BCUT2D eigenvalue weighted by Crippen LogP contribution is 2.27. The summed E-state index contributed by atoms with van der Waals surface area (Å²) in [6.45, 7) is 0.735. The topological polar surface area (TPSA) is 38.3 Å². The number of carbonyl (C=O) groups is 1. The van der Waals surface area contributed by atoms with Gasteiger partial charge >= 0.3 is 0 Å². The van der Waals surface area contributed by atoms with E-state index in [4.69, 9.17) is 16.3 Å². The van der Waals surface area contributed by atoms with E-state index in [0.29, 0.717) is 18.7 Å². The Morgan fingerprint density at radius 2 is 2.38 bits per heavy atom. The van der Waals surface area contributed by atoms with E-state index in [-0.39, 0.29) is 5.91 Å². The number of hydrogen-bond acceptors (Lipinski definition) is 2. The van der Waals surface area contributed by atoms with Crippen molar-refractivity contribution in [2.75, 3.05) is 17.8 Å². The average molecular weight is 240 g/mol. The van der Waals surface area contributed by atoms with Crippen molar-refractivity contribution in [3.8, 4) is 5.75 Å². The van der Waals surface area contributed by atoms with Crippen LogP contribution in [0.2, 0.25) is 0 Å². The van der Waals surface area contributed by atoms with Gasteiger partial charge in [0.05, 0.1) is 6.61 Å². The number of anilines is 1. The average Bonchev–Trinajstić information content (AvgIpc) is 2.73. The number of hydrogen-bond donors (Lipinski definition) is 1. The van der Waals surface area contributed by atoms with Crippen LogP contribution >= 0.6 is 11.6 Å². The quantitative estimate of drug-likeness (QED) is 0.821. The minimum Gasteiger partial charge on any atom is -0.493 e. The monoisotopic (exact) mass is 239 g/mol. The van der Waals surface area contributed by atoms with Gasteiger partial charge in [-0.25, -0.2) is 0 Å². The molecule has 1 aliphatic rings. The van der Waals surface area contributed by atoms with Crippen LogP contribution in [0.3, 0.4) is 0 Å². The standard InChI is InChI=1S/C12H14ClNO2/c13-6-1-2-12(15)14-10-3-4-11-9(8-10)5-7-16-11/h3-4,8H,1-2,5-7H2,(H,14,15). The van der Waals surface area contributed by atoms with E-state index in [2.05, 4.69) is 5.32 Å². The minimum atomic E-state index is 0.0134. The van der Waals surface area contributed by atoms with Crippen molar-refractivity contribution in [3.63, 3.8) is 0 Å². The third kappa shape index (κ3) is 2.67. The normalized spacial score (nSPS) is 13.1. The summed E-state index contributed by atoms with van der Waals surface area (Å²) < 4.78 is 5.39. The number of amides is 1. The Kier molecular flexibility index (Phi) is 3.67. The van der Waals surface area contributed by atoms with Crippen molar-refractivity contribution in [1.82, 2.24) is 0 Å². The number of carbonyl (C=O) groups excluding carboxylic acids is 1. The Morgan fingerprint density at radius 3 is 3.19 bits per heavy atom. The highest BCUT2D eigenvalue weighted by Gasteiger charge is 2.12. The Balaban J connectivity index is 1.97. The van der Waals surface area contributed by atoms with Crippen LogP contribution in [-0.2, 0) is 11.2 Å². The molecule has 1 heterocycles. The van der Waals surface area contributed by atoms with Crippen LogP contribution in [0, 0.1) is 0 Å². The molecule has 0 bridgehead atoms. The van der Waals surface area contributed by atoms with Gasteiger partial charge in [0, 0.05) is 24.4 Å². The fourth-order valence-electron chi connectivity index (χ4n) is 1.72. The van der Waals surface area contributed by atoms with Gasteiger partial charge in [0.1, 0.15) is 5.75 Å². The smallest absolute Gasteiger partial charge is 0.224 e. The molecule has 0 saturated heterocycles. The highest BCUT2D eigenvalue weighted by atomic mass is 35.5. The lowest BCUT2D eigenvalue weighted by atomic mass is 10.1. The molecule has 0 spiro atoms. The lowest BCUT2D eigenvalue weighted by Gasteiger charge is -2.06. The number of fused-ring (bicyclic) bond motifs is 1. The van der Waals surface area contributed by atoms with Crippen LogP contribution in [0.5, 0.6) is 5.75 Å². The first kappa shape index (κ1) is 11.3. The molecule has 0 radical (unpaired) electrons. The second-order valence-corrected chi connectivity index (χ2v) is 4.14. The molecule has 1 aromatic rings. The molecule has 0 aromatic heterocycles.